The lowest BCUT2D eigenvalue weighted by molar-refractivity contribution is 0.147. The van der Waals surface area contributed by atoms with Crippen molar-refractivity contribution in [2.24, 2.45) is 23.2 Å². The maximum Gasteiger partial charge on any atom is 0.00103 e. The summed E-state index contributed by atoms with van der Waals surface area (Å²) in [5.41, 5.74) is 5.82. The van der Waals surface area contributed by atoms with Gasteiger partial charge in [-0.05, 0) is 73.7 Å². The first kappa shape index (κ1) is 15.0. The SMILES string of the molecule is C[C@]12CC=C3[C@H]4CCC(c5ccccc5)CC4=CC[C@H]3[C@@H]1CCC2. The molecule has 4 aliphatic carbocycles. The van der Waals surface area contributed by atoms with E-state index in [-0.39, 0.29) is 0 Å². The molecule has 0 spiro atoms. The summed E-state index contributed by atoms with van der Waals surface area (Å²) < 4.78 is 0. The van der Waals surface area contributed by atoms with E-state index in [4.69, 9.17) is 0 Å². The molecule has 2 fully saturated rings. The first-order chi connectivity index (χ1) is 11.7. The highest BCUT2D eigenvalue weighted by atomic mass is 14.5. The number of allylic oxidation sites excluding steroid dienone is 4. The van der Waals surface area contributed by atoms with Crippen LogP contribution >= 0.6 is 0 Å². The van der Waals surface area contributed by atoms with Gasteiger partial charge >= 0.3 is 0 Å². The molecule has 0 saturated heterocycles. The maximum absolute atomic E-state index is 2.70. The minimum absolute atomic E-state index is 0.626. The molecule has 0 aliphatic heterocycles. The van der Waals surface area contributed by atoms with E-state index in [0.29, 0.717) is 5.41 Å². The van der Waals surface area contributed by atoms with Crippen LogP contribution in [-0.4, -0.2) is 0 Å². The smallest absolute Gasteiger partial charge is 0.00103 e. The van der Waals surface area contributed by atoms with Crippen molar-refractivity contribution in [2.75, 3.05) is 0 Å². The molecule has 24 heavy (non-hydrogen) atoms. The third-order valence-electron chi connectivity index (χ3n) is 7.92. The summed E-state index contributed by atoms with van der Waals surface area (Å²) in [4.78, 5) is 0. The standard InChI is InChI=1S/C24H30/c1-24-14-5-8-23(24)22-12-10-19-16-18(17-6-3-2-4-7-17)9-11-20(19)21(22)13-15-24/h2-4,6-7,10,13,18,20,22-23H,5,8-9,11-12,14-16H2,1H3/t18?,20-,22+,23-,24-/m0/s1. The van der Waals surface area contributed by atoms with Crippen molar-refractivity contribution in [2.45, 2.75) is 64.2 Å². The molecule has 0 nitrogen and oxygen atoms in total. The van der Waals surface area contributed by atoms with Gasteiger partial charge in [0.25, 0.3) is 0 Å². The molecule has 0 aromatic heterocycles. The van der Waals surface area contributed by atoms with Gasteiger partial charge in [0.2, 0.25) is 0 Å². The number of rotatable bonds is 1. The Kier molecular flexibility index (Phi) is 3.51. The van der Waals surface area contributed by atoms with Crippen molar-refractivity contribution in [3.05, 3.63) is 59.2 Å². The van der Waals surface area contributed by atoms with Crippen molar-refractivity contribution >= 4 is 0 Å². The lowest BCUT2D eigenvalue weighted by Crippen LogP contribution is -2.37. The maximum atomic E-state index is 2.70. The van der Waals surface area contributed by atoms with Crippen LogP contribution in [0.25, 0.3) is 0 Å². The van der Waals surface area contributed by atoms with E-state index >= 15 is 0 Å². The third kappa shape index (κ3) is 2.25. The molecule has 0 amide bonds. The Labute approximate surface area is 147 Å². The number of hydrogen-bond acceptors (Lipinski definition) is 0. The Morgan fingerprint density at radius 1 is 1.00 bits per heavy atom. The fourth-order valence-corrected chi connectivity index (χ4v) is 6.61. The molecule has 126 valence electrons. The van der Waals surface area contributed by atoms with Gasteiger partial charge in [0.05, 0.1) is 0 Å². The monoisotopic (exact) mass is 318 g/mol. The van der Waals surface area contributed by atoms with Crippen molar-refractivity contribution in [3.63, 3.8) is 0 Å². The molecule has 1 aromatic rings. The Morgan fingerprint density at radius 2 is 1.88 bits per heavy atom. The van der Waals surface area contributed by atoms with Crippen molar-refractivity contribution < 1.29 is 0 Å². The van der Waals surface area contributed by atoms with Gasteiger partial charge in [-0.15, -0.1) is 0 Å². The van der Waals surface area contributed by atoms with Crippen LogP contribution in [-0.2, 0) is 0 Å². The summed E-state index contributed by atoms with van der Waals surface area (Å²) in [6, 6.07) is 11.2. The van der Waals surface area contributed by atoms with Gasteiger partial charge in [0.15, 0.2) is 0 Å². The van der Waals surface area contributed by atoms with Gasteiger partial charge in [-0.2, -0.15) is 0 Å². The third-order valence-corrected chi connectivity index (χ3v) is 7.92. The average Bonchev–Trinajstić information content (AvgIpc) is 3.03. The van der Waals surface area contributed by atoms with Crippen LogP contribution < -0.4 is 0 Å². The van der Waals surface area contributed by atoms with E-state index in [9.17, 15) is 0 Å². The Hall–Kier alpha value is -1.30. The van der Waals surface area contributed by atoms with Crippen LogP contribution in [0.3, 0.4) is 0 Å². The van der Waals surface area contributed by atoms with Crippen molar-refractivity contribution in [3.8, 4) is 0 Å². The molecule has 0 bridgehead atoms. The lowest BCUT2D eigenvalue weighted by atomic mass is 9.57. The molecular formula is C24H30. The molecule has 4 aliphatic rings. The van der Waals surface area contributed by atoms with E-state index in [0.717, 1.165) is 23.7 Å². The molecular weight excluding hydrogens is 288 g/mol. The van der Waals surface area contributed by atoms with Gasteiger partial charge in [-0.3, -0.25) is 0 Å². The second kappa shape index (κ2) is 5.61. The predicted octanol–water partition coefficient (Wildman–Crippen LogP) is 6.65. The first-order valence-corrected chi connectivity index (χ1v) is 10.2. The van der Waals surface area contributed by atoms with Crippen LogP contribution in [0.4, 0.5) is 0 Å². The normalized spacial score (nSPS) is 40.9. The number of benzene rings is 1. The van der Waals surface area contributed by atoms with E-state index < -0.39 is 0 Å². The van der Waals surface area contributed by atoms with Gasteiger partial charge in [0, 0.05) is 5.92 Å². The summed E-state index contributed by atoms with van der Waals surface area (Å²) in [5, 5.41) is 0. The van der Waals surface area contributed by atoms with E-state index in [2.05, 4.69) is 49.4 Å². The summed E-state index contributed by atoms with van der Waals surface area (Å²) >= 11 is 0. The molecule has 0 heteroatoms. The molecule has 0 radical (unpaired) electrons. The molecule has 5 atom stereocenters. The summed E-state index contributed by atoms with van der Waals surface area (Å²) in [5.74, 6) is 3.41. The Balaban J connectivity index is 1.41. The predicted molar refractivity (Wildman–Crippen MR) is 101 cm³/mol. The second-order valence-corrected chi connectivity index (χ2v) is 9.12. The highest BCUT2D eigenvalue weighted by Gasteiger charge is 2.48. The van der Waals surface area contributed by atoms with Gasteiger partial charge in [-0.25, -0.2) is 0 Å². The Bertz CT molecular complexity index is 679. The van der Waals surface area contributed by atoms with Gasteiger partial charge in [-0.1, -0.05) is 67.0 Å². The zero-order chi connectivity index (χ0) is 16.1. The second-order valence-electron chi connectivity index (χ2n) is 9.12. The molecule has 0 N–H and O–H groups in total. The van der Waals surface area contributed by atoms with Gasteiger partial charge < -0.3 is 0 Å². The van der Waals surface area contributed by atoms with Crippen molar-refractivity contribution in [1.82, 2.24) is 0 Å². The topological polar surface area (TPSA) is 0 Å². The molecule has 0 heterocycles. The van der Waals surface area contributed by atoms with Crippen LogP contribution in [0.1, 0.15) is 69.8 Å². The number of fused-ring (bicyclic) bond motifs is 5. The first-order valence-electron chi connectivity index (χ1n) is 10.2. The summed E-state index contributed by atoms with van der Waals surface area (Å²) in [7, 11) is 0. The fraction of sp³-hybridized carbons (Fsp3) is 0.583. The van der Waals surface area contributed by atoms with E-state index in [1.165, 1.54) is 51.4 Å². The van der Waals surface area contributed by atoms with Crippen LogP contribution in [0.15, 0.2) is 53.6 Å². The average molecular weight is 319 g/mol. The van der Waals surface area contributed by atoms with E-state index in [1.54, 1.807) is 11.1 Å². The minimum atomic E-state index is 0.626. The number of hydrogen-bond donors (Lipinski definition) is 0. The van der Waals surface area contributed by atoms with E-state index in [1.807, 2.05) is 5.57 Å². The summed E-state index contributed by atoms with van der Waals surface area (Å²) in [6.45, 7) is 2.57. The fourth-order valence-electron chi connectivity index (χ4n) is 6.61. The zero-order valence-electron chi connectivity index (χ0n) is 15.0. The van der Waals surface area contributed by atoms with Crippen LogP contribution in [0.5, 0.6) is 0 Å². The van der Waals surface area contributed by atoms with Crippen LogP contribution in [0, 0.1) is 23.2 Å². The van der Waals surface area contributed by atoms with Crippen molar-refractivity contribution in [1.29, 1.82) is 0 Å². The van der Waals surface area contributed by atoms with Gasteiger partial charge in [0.1, 0.15) is 0 Å². The molecule has 1 aromatic carbocycles. The largest absolute Gasteiger partial charge is 0.0841 e. The Morgan fingerprint density at radius 3 is 2.75 bits per heavy atom. The molecule has 1 unspecified atom stereocenters. The van der Waals surface area contributed by atoms with Crippen LogP contribution in [0.2, 0.25) is 0 Å². The molecule has 5 rings (SSSR count). The summed E-state index contributed by atoms with van der Waals surface area (Å²) in [6.07, 6.45) is 16.6. The quantitative estimate of drug-likeness (QED) is 0.508. The highest BCUT2D eigenvalue weighted by molar-refractivity contribution is 5.36. The lowest BCUT2D eigenvalue weighted by Gasteiger charge is -2.48. The highest BCUT2D eigenvalue weighted by Crippen LogP contribution is 2.59. The minimum Gasteiger partial charge on any atom is -0.0841 e. The zero-order valence-corrected chi connectivity index (χ0v) is 15.0. The molecule has 2 saturated carbocycles.